The minimum absolute atomic E-state index is 0.214. The summed E-state index contributed by atoms with van der Waals surface area (Å²) in [6.45, 7) is -0.454. The summed E-state index contributed by atoms with van der Waals surface area (Å²) in [6, 6.07) is 26.1. The summed E-state index contributed by atoms with van der Waals surface area (Å²) in [5, 5.41) is 3.24. The zero-order chi connectivity index (χ0) is 29.5. The predicted octanol–water partition coefficient (Wildman–Crippen LogP) is 6.28. The van der Waals surface area contributed by atoms with Gasteiger partial charge in [-0.1, -0.05) is 60.1 Å². The summed E-state index contributed by atoms with van der Waals surface area (Å²) in [4.78, 5) is 12.5. The molecule has 1 N–H and O–H groups in total. The van der Waals surface area contributed by atoms with Crippen LogP contribution in [-0.2, 0) is 27.6 Å². The fourth-order valence-corrected chi connectivity index (χ4v) is 5.31. The summed E-state index contributed by atoms with van der Waals surface area (Å²) in [6.07, 6.45) is -3.51. The quantitative estimate of drug-likeness (QED) is 0.171. The maximum absolute atomic E-state index is 13.5. The number of hydrogen-bond acceptors (Lipinski definition) is 5. The van der Waals surface area contributed by atoms with Gasteiger partial charge in [-0.15, -0.1) is 0 Å². The number of hydrazone groups is 1. The topological polar surface area (TPSA) is 88.1 Å². The molecule has 7 nitrogen and oxygen atoms in total. The molecule has 4 aromatic carbocycles. The van der Waals surface area contributed by atoms with Gasteiger partial charge in [-0.3, -0.25) is 9.10 Å². The Morgan fingerprint density at radius 2 is 1.56 bits per heavy atom. The number of sulfonamides is 1. The second-order valence-corrected chi connectivity index (χ2v) is 10.9. The predicted molar refractivity (Wildman–Crippen MR) is 150 cm³/mol. The molecule has 212 valence electrons. The van der Waals surface area contributed by atoms with Crippen molar-refractivity contribution in [3.05, 3.63) is 125 Å². The van der Waals surface area contributed by atoms with Crippen LogP contribution in [0.1, 0.15) is 16.7 Å². The van der Waals surface area contributed by atoms with Gasteiger partial charge in [0.2, 0.25) is 0 Å². The highest BCUT2D eigenvalue weighted by Gasteiger charge is 2.35. The fraction of sp³-hybridized carbons (Fsp3) is 0.103. The van der Waals surface area contributed by atoms with Crippen molar-refractivity contribution in [1.82, 2.24) is 5.43 Å². The molecule has 41 heavy (non-hydrogen) atoms. The first kappa shape index (κ1) is 29.6. The molecular formula is C29H23ClF3N3O4S. The lowest BCUT2D eigenvalue weighted by atomic mass is 10.2. The molecule has 0 heterocycles. The standard InChI is InChI=1S/C29H23ClF3N3O4S/c30-27-16-13-23(17-26(27)29(31,32)33)36(41(38,39)25-9-5-2-6-10-25)19-28(37)35-34-18-21-11-14-24(15-12-21)40-20-22-7-3-1-4-8-22/h1-18H,19-20H2,(H,35,37)/b34-18-. The molecule has 0 fully saturated rings. The van der Waals surface area contributed by atoms with Crippen LogP contribution in [-0.4, -0.2) is 27.1 Å². The van der Waals surface area contributed by atoms with Crippen molar-refractivity contribution in [2.75, 3.05) is 10.8 Å². The van der Waals surface area contributed by atoms with Gasteiger partial charge in [0.15, 0.2) is 0 Å². The van der Waals surface area contributed by atoms with E-state index in [1.54, 1.807) is 30.3 Å². The van der Waals surface area contributed by atoms with Gasteiger partial charge in [0, 0.05) is 0 Å². The Kier molecular flexibility index (Phi) is 9.31. The first-order valence-corrected chi connectivity index (χ1v) is 13.9. The summed E-state index contributed by atoms with van der Waals surface area (Å²) in [5.74, 6) is -0.259. The number of nitrogens with one attached hydrogen (secondary N) is 1. The van der Waals surface area contributed by atoms with Crippen molar-refractivity contribution in [3.8, 4) is 5.75 Å². The monoisotopic (exact) mass is 601 g/mol. The number of ether oxygens (including phenoxy) is 1. The lowest BCUT2D eigenvalue weighted by Gasteiger charge is -2.24. The van der Waals surface area contributed by atoms with Crippen LogP contribution < -0.4 is 14.5 Å². The molecule has 0 saturated heterocycles. The number of amides is 1. The van der Waals surface area contributed by atoms with Gasteiger partial charge in [0.1, 0.15) is 18.9 Å². The number of rotatable bonds is 10. The Bertz CT molecular complexity index is 1620. The van der Waals surface area contributed by atoms with E-state index in [-0.39, 0.29) is 4.90 Å². The molecule has 0 saturated carbocycles. The van der Waals surface area contributed by atoms with Gasteiger partial charge in [-0.2, -0.15) is 18.3 Å². The molecule has 0 aliphatic rings. The third-order valence-corrected chi connectivity index (χ3v) is 7.81. The normalized spacial score (nSPS) is 11.8. The van der Waals surface area contributed by atoms with Gasteiger partial charge >= 0.3 is 6.18 Å². The number of anilines is 1. The Labute approximate surface area is 239 Å². The second-order valence-electron chi connectivity index (χ2n) is 8.62. The molecule has 0 aliphatic carbocycles. The van der Waals surface area contributed by atoms with E-state index in [1.165, 1.54) is 30.5 Å². The van der Waals surface area contributed by atoms with E-state index in [4.69, 9.17) is 16.3 Å². The Morgan fingerprint density at radius 3 is 2.20 bits per heavy atom. The fourth-order valence-electron chi connectivity index (χ4n) is 3.66. The van der Waals surface area contributed by atoms with Crippen molar-refractivity contribution in [1.29, 1.82) is 0 Å². The SMILES string of the molecule is O=C(CN(c1ccc(Cl)c(C(F)(F)F)c1)S(=O)(=O)c1ccccc1)N/N=C\c1ccc(OCc2ccccc2)cc1. The summed E-state index contributed by atoms with van der Waals surface area (Å²) in [5.41, 5.74) is 2.21. The van der Waals surface area contributed by atoms with Gasteiger partial charge < -0.3 is 4.74 Å². The molecule has 0 spiro atoms. The summed E-state index contributed by atoms with van der Waals surface area (Å²) < 4.78 is 73.5. The summed E-state index contributed by atoms with van der Waals surface area (Å²) >= 11 is 5.71. The molecular weight excluding hydrogens is 579 g/mol. The van der Waals surface area contributed by atoms with Crippen LogP contribution in [0, 0.1) is 0 Å². The average Bonchev–Trinajstić information content (AvgIpc) is 2.96. The molecule has 0 aromatic heterocycles. The molecule has 4 rings (SSSR count). The van der Waals surface area contributed by atoms with Crippen LogP contribution in [0.5, 0.6) is 5.75 Å². The van der Waals surface area contributed by atoms with Gasteiger partial charge in [-0.25, -0.2) is 13.8 Å². The first-order valence-electron chi connectivity index (χ1n) is 12.1. The lowest BCUT2D eigenvalue weighted by Crippen LogP contribution is -2.39. The number of hydrogen-bond donors (Lipinski definition) is 1. The van der Waals surface area contributed by atoms with E-state index in [0.29, 0.717) is 28.3 Å². The van der Waals surface area contributed by atoms with Crippen LogP contribution in [0.25, 0.3) is 0 Å². The van der Waals surface area contributed by atoms with Gasteiger partial charge in [0.25, 0.3) is 15.9 Å². The van der Waals surface area contributed by atoms with Crippen LogP contribution in [0.3, 0.4) is 0 Å². The van der Waals surface area contributed by atoms with E-state index >= 15 is 0 Å². The maximum atomic E-state index is 13.5. The first-order chi connectivity index (χ1) is 19.5. The van der Waals surface area contributed by atoms with E-state index in [0.717, 1.165) is 17.7 Å². The number of carbonyl (C=O) groups is 1. The van der Waals surface area contributed by atoms with Crippen LogP contribution in [0.2, 0.25) is 5.02 Å². The molecule has 12 heteroatoms. The van der Waals surface area contributed by atoms with Crippen LogP contribution in [0.15, 0.2) is 113 Å². The minimum atomic E-state index is -4.84. The van der Waals surface area contributed by atoms with E-state index in [2.05, 4.69) is 10.5 Å². The maximum Gasteiger partial charge on any atom is 0.417 e. The Hall–Kier alpha value is -4.35. The van der Waals surface area contributed by atoms with Crippen LogP contribution in [0.4, 0.5) is 18.9 Å². The highest BCUT2D eigenvalue weighted by molar-refractivity contribution is 7.92. The Balaban J connectivity index is 1.48. The zero-order valence-corrected chi connectivity index (χ0v) is 22.8. The number of benzene rings is 4. The van der Waals surface area contributed by atoms with Crippen molar-refractivity contribution >= 4 is 39.4 Å². The number of nitrogens with zero attached hydrogens (tertiary/aromatic N) is 2. The molecule has 4 aromatic rings. The summed E-state index contributed by atoms with van der Waals surface area (Å²) in [7, 11) is -4.44. The highest BCUT2D eigenvalue weighted by Crippen LogP contribution is 2.38. The van der Waals surface area contributed by atoms with Crippen molar-refractivity contribution in [2.24, 2.45) is 5.10 Å². The highest BCUT2D eigenvalue weighted by atomic mass is 35.5. The smallest absolute Gasteiger partial charge is 0.417 e. The van der Waals surface area contributed by atoms with Gasteiger partial charge in [0.05, 0.1) is 27.4 Å². The number of alkyl halides is 3. The third-order valence-electron chi connectivity index (χ3n) is 5.69. The molecule has 0 aliphatic heterocycles. The van der Waals surface area contributed by atoms with Crippen molar-refractivity contribution < 1.29 is 31.1 Å². The third kappa shape index (κ3) is 7.86. The largest absolute Gasteiger partial charge is 0.489 e. The van der Waals surface area contributed by atoms with Crippen LogP contribution >= 0.6 is 11.6 Å². The molecule has 0 unspecified atom stereocenters. The second kappa shape index (κ2) is 12.9. The molecule has 0 bridgehead atoms. The average molecular weight is 602 g/mol. The lowest BCUT2D eigenvalue weighted by molar-refractivity contribution is -0.137. The van der Waals surface area contributed by atoms with E-state index < -0.39 is 44.9 Å². The van der Waals surface area contributed by atoms with Gasteiger partial charge in [-0.05, 0) is 65.7 Å². The van der Waals surface area contributed by atoms with E-state index in [1.807, 2.05) is 30.3 Å². The minimum Gasteiger partial charge on any atom is -0.489 e. The van der Waals surface area contributed by atoms with Crippen molar-refractivity contribution in [2.45, 2.75) is 17.7 Å². The Morgan fingerprint density at radius 1 is 0.927 bits per heavy atom. The number of carbonyl (C=O) groups excluding carboxylic acids is 1. The molecule has 0 atom stereocenters. The van der Waals surface area contributed by atoms with Crippen molar-refractivity contribution in [3.63, 3.8) is 0 Å². The number of halogens is 4. The zero-order valence-electron chi connectivity index (χ0n) is 21.3. The molecule has 1 amide bonds. The van der Waals surface area contributed by atoms with E-state index in [9.17, 15) is 26.4 Å². The molecule has 0 radical (unpaired) electrons.